The fourth-order valence-corrected chi connectivity index (χ4v) is 6.23. The number of carbonyl (C=O) groups excluding carboxylic acids is 2. The van der Waals surface area contributed by atoms with Crippen molar-refractivity contribution in [3.63, 3.8) is 0 Å². The lowest BCUT2D eigenvalue weighted by molar-refractivity contribution is -0.0107. The minimum absolute atomic E-state index is 0.0531. The van der Waals surface area contributed by atoms with Crippen LogP contribution < -0.4 is 10.7 Å². The molecule has 5 aliphatic rings. The van der Waals surface area contributed by atoms with Crippen LogP contribution in [0, 0.1) is 17.8 Å². The van der Waals surface area contributed by atoms with Crippen molar-refractivity contribution < 1.29 is 9.59 Å². The number of nitrogens with one attached hydrogen (secondary N) is 2. The van der Waals surface area contributed by atoms with Crippen molar-refractivity contribution >= 4 is 29.1 Å². The molecule has 1 heterocycles. The van der Waals surface area contributed by atoms with E-state index in [9.17, 15) is 9.59 Å². The first-order valence-corrected chi connectivity index (χ1v) is 9.50. The molecule has 5 nitrogen and oxygen atoms in total. The van der Waals surface area contributed by atoms with Crippen LogP contribution in [0.4, 0.5) is 0 Å². The Hall–Kier alpha value is -1.95. The zero-order valence-corrected chi connectivity index (χ0v) is 14.8. The van der Waals surface area contributed by atoms with Gasteiger partial charge < -0.3 is 5.32 Å². The summed E-state index contributed by atoms with van der Waals surface area (Å²) in [6, 6.07) is 6.87. The molecular formula is C19H21N3O2S. The molecule has 6 rings (SSSR count). The van der Waals surface area contributed by atoms with Crippen LogP contribution in [-0.4, -0.2) is 27.5 Å². The van der Waals surface area contributed by atoms with Crippen molar-refractivity contribution in [1.82, 2.24) is 15.8 Å². The molecule has 4 saturated carbocycles. The Balaban J connectivity index is 1.31. The summed E-state index contributed by atoms with van der Waals surface area (Å²) in [4.78, 5) is 24.9. The molecule has 1 aromatic rings. The Morgan fingerprint density at radius 2 is 1.44 bits per heavy atom. The van der Waals surface area contributed by atoms with Gasteiger partial charge in [-0.05, 0) is 80.6 Å². The second kappa shape index (κ2) is 5.27. The first-order valence-electron chi connectivity index (χ1n) is 9.10. The summed E-state index contributed by atoms with van der Waals surface area (Å²) < 4.78 is 0. The summed E-state index contributed by atoms with van der Waals surface area (Å²) in [6.45, 7) is 0. The van der Waals surface area contributed by atoms with Crippen LogP contribution in [0.5, 0.6) is 0 Å². The monoisotopic (exact) mass is 355 g/mol. The maximum atomic E-state index is 12.5. The van der Waals surface area contributed by atoms with Crippen molar-refractivity contribution in [3.05, 3.63) is 35.4 Å². The molecule has 4 aliphatic carbocycles. The molecule has 0 radical (unpaired) electrons. The number of nitrogens with zero attached hydrogens (tertiary/aromatic N) is 1. The van der Waals surface area contributed by atoms with E-state index >= 15 is 0 Å². The molecule has 4 bridgehead atoms. The van der Waals surface area contributed by atoms with Crippen molar-refractivity contribution in [2.75, 3.05) is 0 Å². The number of hydrogen-bond acceptors (Lipinski definition) is 3. The van der Waals surface area contributed by atoms with E-state index in [0.29, 0.717) is 16.2 Å². The molecule has 0 spiro atoms. The molecule has 1 aromatic carbocycles. The number of hydrazine groups is 1. The zero-order chi connectivity index (χ0) is 17.2. The first-order chi connectivity index (χ1) is 12.0. The number of benzene rings is 1. The van der Waals surface area contributed by atoms with E-state index in [0.717, 1.165) is 42.0 Å². The second-order valence-corrected chi connectivity index (χ2v) is 8.66. The van der Waals surface area contributed by atoms with E-state index in [1.165, 1.54) is 19.3 Å². The molecule has 4 fully saturated rings. The average Bonchev–Trinajstić information content (AvgIpc) is 2.78. The number of hydrogen-bond donors (Lipinski definition) is 2. The molecule has 0 saturated heterocycles. The SMILES string of the molecule is O=C1c2ccccc2C(=O)N1NC(=S)NC12CC3CC(CC(C3)C1)C2. The van der Waals surface area contributed by atoms with E-state index in [1.54, 1.807) is 24.3 Å². The number of carbonyl (C=O) groups is 2. The summed E-state index contributed by atoms with van der Waals surface area (Å²) in [5.41, 5.74) is 3.76. The maximum Gasteiger partial charge on any atom is 0.280 e. The molecule has 2 N–H and O–H groups in total. The fraction of sp³-hybridized carbons (Fsp3) is 0.526. The number of imide groups is 1. The van der Waals surface area contributed by atoms with Crippen LogP contribution >= 0.6 is 12.2 Å². The largest absolute Gasteiger partial charge is 0.356 e. The summed E-state index contributed by atoms with van der Waals surface area (Å²) in [5, 5.41) is 4.92. The number of thiocarbonyl (C=S) groups is 1. The van der Waals surface area contributed by atoms with Crippen LogP contribution in [0.3, 0.4) is 0 Å². The van der Waals surface area contributed by atoms with Crippen LogP contribution in [0.1, 0.15) is 59.2 Å². The van der Waals surface area contributed by atoms with Gasteiger partial charge in [0.15, 0.2) is 5.11 Å². The average molecular weight is 355 g/mol. The lowest BCUT2D eigenvalue weighted by Crippen LogP contribution is -2.63. The Morgan fingerprint density at radius 1 is 0.960 bits per heavy atom. The minimum atomic E-state index is -0.338. The summed E-state index contributed by atoms with van der Waals surface area (Å²) >= 11 is 5.47. The highest BCUT2D eigenvalue weighted by atomic mass is 32.1. The molecular weight excluding hydrogens is 334 g/mol. The van der Waals surface area contributed by atoms with Crippen LogP contribution in [0.25, 0.3) is 0 Å². The van der Waals surface area contributed by atoms with Gasteiger partial charge in [0.2, 0.25) is 0 Å². The van der Waals surface area contributed by atoms with Gasteiger partial charge in [-0.1, -0.05) is 12.1 Å². The predicted octanol–water partition coefficient (Wildman–Crippen LogP) is 2.63. The predicted molar refractivity (Wildman–Crippen MR) is 96.7 cm³/mol. The van der Waals surface area contributed by atoms with Gasteiger partial charge in [0.25, 0.3) is 11.8 Å². The van der Waals surface area contributed by atoms with Crippen molar-refractivity contribution in [2.24, 2.45) is 17.8 Å². The summed E-state index contributed by atoms with van der Waals surface area (Å²) in [7, 11) is 0. The van der Waals surface area contributed by atoms with Gasteiger partial charge in [-0.2, -0.15) is 5.01 Å². The quantitative estimate of drug-likeness (QED) is 0.631. The van der Waals surface area contributed by atoms with Gasteiger partial charge in [0.1, 0.15) is 0 Å². The first kappa shape index (κ1) is 15.3. The van der Waals surface area contributed by atoms with Gasteiger partial charge in [-0.3, -0.25) is 15.0 Å². The summed E-state index contributed by atoms with van der Waals surface area (Å²) in [5.74, 6) is 1.74. The second-order valence-electron chi connectivity index (χ2n) is 8.26. The van der Waals surface area contributed by atoms with E-state index in [-0.39, 0.29) is 17.4 Å². The molecule has 0 unspecified atom stereocenters. The Kier molecular flexibility index (Phi) is 3.23. The highest BCUT2D eigenvalue weighted by Gasteiger charge is 2.51. The minimum Gasteiger partial charge on any atom is -0.356 e. The van der Waals surface area contributed by atoms with Crippen LogP contribution in [-0.2, 0) is 0 Å². The molecule has 2 amide bonds. The smallest absolute Gasteiger partial charge is 0.280 e. The fourth-order valence-electron chi connectivity index (χ4n) is 5.92. The topological polar surface area (TPSA) is 61.4 Å². The van der Waals surface area contributed by atoms with Gasteiger partial charge >= 0.3 is 0 Å². The Morgan fingerprint density at radius 3 is 1.92 bits per heavy atom. The number of amides is 2. The lowest BCUT2D eigenvalue weighted by Gasteiger charge is -2.57. The van der Waals surface area contributed by atoms with Crippen LogP contribution in [0.2, 0.25) is 0 Å². The summed E-state index contributed by atoms with van der Waals surface area (Å²) in [6.07, 6.45) is 7.55. The standard InChI is InChI=1S/C19H21N3O2S/c23-16-14-3-1-2-4-15(14)17(24)22(16)21-18(25)20-19-8-11-5-12(9-19)7-13(6-11)10-19/h1-4,11-13H,5-10H2,(H2,20,21,25). The molecule has 130 valence electrons. The molecule has 0 atom stereocenters. The van der Waals surface area contributed by atoms with Crippen LogP contribution in [0.15, 0.2) is 24.3 Å². The maximum absolute atomic E-state index is 12.5. The van der Waals surface area contributed by atoms with Gasteiger partial charge in [-0.15, -0.1) is 0 Å². The molecule has 6 heteroatoms. The van der Waals surface area contributed by atoms with Crippen molar-refractivity contribution in [1.29, 1.82) is 0 Å². The van der Waals surface area contributed by atoms with E-state index in [4.69, 9.17) is 12.2 Å². The van der Waals surface area contributed by atoms with E-state index in [2.05, 4.69) is 10.7 Å². The third kappa shape index (κ3) is 2.38. The number of rotatable bonds is 2. The van der Waals surface area contributed by atoms with Gasteiger partial charge in [0.05, 0.1) is 11.1 Å². The Bertz CT molecular complexity index is 720. The van der Waals surface area contributed by atoms with E-state index in [1.807, 2.05) is 0 Å². The molecule has 0 aromatic heterocycles. The van der Waals surface area contributed by atoms with Crippen molar-refractivity contribution in [2.45, 2.75) is 44.1 Å². The van der Waals surface area contributed by atoms with Crippen molar-refractivity contribution in [3.8, 4) is 0 Å². The molecule has 1 aliphatic heterocycles. The van der Waals surface area contributed by atoms with E-state index < -0.39 is 0 Å². The lowest BCUT2D eigenvalue weighted by atomic mass is 9.53. The van der Waals surface area contributed by atoms with Gasteiger partial charge in [0, 0.05) is 5.54 Å². The zero-order valence-electron chi connectivity index (χ0n) is 14.0. The number of fused-ring (bicyclic) bond motifs is 1. The van der Waals surface area contributed by atoms with Gasteiger partial charge in [-0.25, -0.2) is 0 Å². The highest BCUT2D eigenvalue weighted by Crippen LogP contribution is 2.55. The highest BCUT2D eigenvalue weighted by molar-refractivity contribution is 7.80. The Labute approximate surface area is 152 Å². The normalized spacial score (nSPS) is 35.0. The molecule has 25 heavy (non-hydrogen) atoms. The third-order valence-electron chi connectivity index (χ3n) is 6.42. The third-order valence-corrected chi connectivity index (χ3v) is 6.62.